The van der Waals surface area contributed by atoms with E-state index in [1.165, 1.54) is 0 Å². The van der Waals surface area contributed by atoms with Crippen molar-refractivity contribution in [3.8, 4) is 5.75 Å². The van der Waals surface area contributed by atoms with Crippen molar-refractivity contribution in [1.29, 1.82) is 0 Å². The van der Waals surface area contributed by atoms with E-state index in [1.807, 2.05) is 60.7 Å². The summed E-state index contributed by atoms with van der Waals surface area (Å²) in [6.07, 6.45) is 3.43. The first kappa shape index (κ1) is 18.5. The third kappa shape index (κ3) is 4.02. The second kappa shape index (κ2) is 8.44. The minimum Gasteiger partial charge on any atom is -0.508 e. The van der Waals surface area contributed by atoms with Crippen LogP contribution in [0.15, 0.2) is 66.7 Å². The Balaban J connectivity index is 1.65. The van der Waals surface area contributed by atoms with Crippen LogP contribution in [0.2, 0.25) is 0 Å². The van der Waals surface area contributed by atoms with Crippen molar-refractivity contribution in [2.75, 3.05) is 6.61 Å². The van der Waals surface area contributed by atoms with Crippen LogP contribution in [0.5, 0.6) is 5.75 Å². The van der Waals surface area contributed by atoms with E-state index in [0.29, 0.717) is 6.42 Å². The van der Waals surface area contributed by atoms with E-state index in [2.05, 4.69) is 5.32 Å². The highest BCUT2D eigenvalue weighted by atomic mass is 16.5. The van der Waals surface area contributed by atoms with Gasteiger partial charge in [0, 0.05) is 18.6 Å². The molecule has 2 N–H and O–H groups in total. The molecule has 0 radical (unpaired) electrons. The molecule has 1 saturated heterocycles. The maximum absolute atomic E-state index is 12.8. The normalized spacial score (nSPS) is 17.5. The standard InChI is InChI=1S/C24H25NO3/c26-21-14-12-17-7-4-5-11-20(17)23(21)24(18-8-2-1-3-9-18)25-22(27)15-13-19-10-6-16-28-19/h1-5,7-9,11-12,14,19,24,26H,6,10,13,15-16H2,(H,25,27)/t19-,24+/m1/s1. The van der Waals surface area contributed by atoms with Crippen LogP contribution in [-0.2, 0) is 9.53 Å². The summed E-state index contributed by atoms with van der Waals surface area (Å²) in [6, 6.07) is 20.9. The van der Waals surface area contributed by atoms with E-state index in [9.17, 15) is 9.90 Å². The van der Waals surface area contributed by atoms with Crippen LogP contribution in [0.25, 0.3) is 10.8 Å². The summed E-state index contributed by atoms with van der Waals surface area (Å²) in [5.41, 5.74) is 1.68. The second-order valence-electron chi connectivity index (χ2n) is 7.30. The van der Waals surface area contributed by atoms with Crippen molar-refractivity contribution in [2.45, 2.75) is 37.8 Å². The second-order valence-corrected chi connectivity index (χ2v) is 7.30. The van der Waals surface area contributed by atoms with Gasteiger partial charge in [0.15, 0.2) is 0 Å². The molecule has 144 valence electrons. The first-order valence-electron chi connectivity index (χ1n) is 9.89. The quantitative estimate of drug-likeness (QED) is 0.656. The Labute approximate surface area is 165 Å². The SMILES string of the molecule is O=C(CC[C@H]1CCCO1)N[C@@H](c1ccccc1)c1c(O)ccc2ccccc12. The Morgan fingerprint density at radius 1 is 1.07 bits per heavy atom. The highest BCUT2D eigenvalue weighted by molar-refractivity contribution is 5.89. The number of carbonyl (C=O) groups excluding carboxylic acids is 1. The van der Waals surface area contributed by atoms with Gasteiger partial charge in [-0.05, 0) is 41.7 Å². The van der Waals surface area contributed by atoms with Crippen molar-refractivity contribution in [1.82, 2.24) is 5.32 Å². The molecular formula is C24H25NO3. The van der Waals surface area contributed by atoms with Gasteiger partial charge in [-0.3, -0.25) is 4.79 Å². The Morgan fingerprint density at radius 3 is 2.64 bits per heavy atom. The summed E-state index contributed by atoms with van der Waals surface area (Å²) in [6.45, 7) is 0.794. The topological polar surface area (TPSA) is 58.6 Å². The first-order valence-corrected chi connectivity index (χ1v) is 9.89. The largest absolute Gasteiger partial charge is 0.508 e. The van der Waals surface area contributed by atoms with E-state index in [1.54, 1.807) is 6.07 Å². The van der Waals surface area contributed by atoms with Crippen LogP contribution in [0.4, 0.5) is 0 Å². The zero-order chi connectivity index (χ0) is 19.3. The van der Waals surface area contributed by atoms with Gasteiger partial charge in [0.2, 0.25) is 5.91 Å². The number of carbonyl (C=O) groups is 1. The Hall–Kier alpha value is -2.85. The molecule has 1 fully saturated rings. The molecule has 3 aromatic rings. The third-order valence-electron chi connectivity index (χ3n) is 5.39. The van der Waals surface area contributed by atoms with Gasteiger partial charge in [-0.25, -0.2) is 0 Å². The van der Waals surface area contributed by atoms with Crippen LogP contribution >= 0.6 is 0 Å². The monoisotopic (exact) mass is 375 g/mol. The minimum atomic E-state index is -0.413. The molecule has 4 nitrogen and oxygen atoms in total. The smallest absolute Gasteiger partial charge is 0.220 e. The van der Waals surface area contributed by atoms with Gasteiger partial charge in [0.25, 0.3) is 0 Å². The molecule has 28 heavy (non-hydrogen) atoms. The maximum Gasteiger partial charge on any atom is 0.220 e. The summed E-state index contributed by atoms with van der Waals surface area (Å²) in [7, 11) is 0. The van der Waals surface area contributed by atoms with Gasteiger partial charge >= 0.3 is 0 Å². The zero-order valence-electron chi connectivity index (χ0n) is 15.8. The number of nitrogens with one attached hydrogen (secondary N) is 1. The fraction of sp³-hybridized carbons (Fsp3) is 0.292. The molecule has 0 unspecified atom stereocenters. The predicted octanol–water partition coefficient (Wildman–Crippen LogP) is 4.71. The van der Waals surface area contributed by atoms with Crippen LogP contribution < -0.4 is 5.32 Å². The number of aromatic hydroxyl groups is 1. The van der Waals surface area contributed by atoms with Gasteiger partial charge < -0.3 is 15.2 Å². The molecule has 0 saturated carbocycles. The van der Waals surface area contributed by atoms with Gasteiger partial charge in [-0.15, -0.1) is 0 Å². The fourth-order valence-electron chi connectivity index (χ4n) is 3.95. The number of fused-ring (bicyclic) bond motifs is 1. The number of hydrogen-bond donors (Lipinski definition) is 2. The molecule has 2 atom stereocenters. The zero-order valence-corrected chi connectivity index (χ0v) is 15.8. The van der Waals surface area contributed by atoms with Crippen molar-refractivity contribution < 1.29 is 14.6 Å². The number of hydrogen-bond acceptors (Lipinski definition) is 3. The molecule has 0 spiro atoms. The Kier molecular flexibility index (Phi) is 5.58. The number of rotatable bonds is 6. The molecule has 0 aromatic heterocycles. The molecule has 1 heterocycles. The molecule has 1 aliphatic rings. The third-order valence-corrected chi connectivity index (χ3v) is 5.39. The van der Waals surface area contributed by atoms with Crippen molar-refractivity contribution >= 4 is 16.7 Å². The van der Waals surface area contributed by atoms with Gasteiger partial charge in [-0.1, -0.05) is 60.7 Å². The van der Waals surface area contributed by atoms with Crippen LogP contribution in [0.1, 0.15) is 42.9 Å². The summed E-state index contributed by atoms with van der Waals surface area (Å²) < 4.78 is 5.63. The Bertz CT molecular complexity index is 948. The molecular weight excluding hydrogens is 350 g/mol. The van der Waals surface area contributed by atoms with Crippen molar-refractivity contribution in [3.63, 3.8) is 0 Å². The van der Waals surface area contributed by atoms with E-state index >= 15 is 0 Å². The van der Waals surface area contributed by atoms with Crippen LogP contribution in [0, 0.1) is 0 Å². The lowest BCUT2D eigenvalue weighted by Gasteiger charge is -2.23. The van der Waals surface area contributed by atoms with E-state index in [4.69, 9.17) is 4.74 Å². The molecule has 4 rings (SSSR count). The molecule has 0 aliphatic carbocycles. The fourth-order valence-corrected chi connectivity index (χ4v) is 3.95. The predicted molar refractivity (Wildman–Crippen MR) is 110 cm³/mol. The van der Waals surface area contributed by atoms with Gasteiger partial charge in [0.05, 0.1) is 12.1 Å². The van der Waals surface area contributed by atoms with Crippen molar-refractivity contribution in [3.05, 3.63) is 77.9 Å². The summed E-state index contributed by atoms with van der Waals surface area (Å²) >= 11 is 0. The summed E-state index contributed by atoms with van der Waals surface area (Å²) in [4.78, 5) is 12.8. The lowest BCUT2D eigenvalue weighted by atomic mass is 9.92. The highest BCUT2D eigenvalue weighted by Gasteiger charge is 2.23. The number of phenols is 1. The average Bonchev–Trinajstić information content (AvgIpc) is 3.25. The number of amides is 1. The summed E-state index contributed by atoms with van der Waals surface area (Å²) in [5.74, 6) is 0.156. The molecule has 3 aromatic carbocycles. The maximum atomic E-state index is 12.8. The Morgan fingerprint density at radius 2 is 1.86 bits per heavy atom. The lowest BCUT2D eigenvalue weighted by molar-refractivity contribution is -0.122. The van der Waals surface area contributed by atoms with E-state index < -0.39 is 6.04 Å². The average molecular weight is 375 g/mol. The van der Waals surface area contributed by atoms with Gasteiger partial charge in [0.1, 0.15) is 5.75 Å². The van der Waals surface area contributed by atoms with Gasteiger partial charge in [-0.2, -0.15) is 0 Å². The van der Waals surface area contributed by atoms with E-state index in [-0.39, 0.29) is 17.8 Å². The number of benzene rings is 3. The molecule has 1 aliphatic heterocycles. The molecule has 0 bridgehead atoms. The van der Waals surface area contributed by atoms with E-state index in [0.717, 1.165) is 47.8 Å². The summed E-state index contributed by atoms with van der Waals surface area (Å²) in [5, 5.41) is 15.8. The van der Waals surface area contributed by atoms with Crippen LogP contribution in [0.3, 0.4) is 0 Å². The number of phenolic OH excluding ortho intramolecular Hbond substituents is 1. The van der Waals surface area contributed by atoms with Crippen LogP contribution in [-0.4, -0.2) is 23.7 Å². The number of ether oxygens (including phenoxy) is 1. The van der Waals surface area contributed by atoms with Crippen molar-refractivity contribution in [2.24, 2.45) is 0 Å². The highest BCUT2D eigenvalue weighted by Crippen LogP contribution is 2.36. The molecule has 1 amide bonds. The molecule has 4 heteroatoms. The first-order chi connectivity index (χ1) is 13.7. The lowest BCUT2D eigenvalue weighted by Crippen LogP contribution is -2.30. The minimum absolute atomic E-state index is 0.0308.